The molecule has 1 aliphatic rings. The van der Waals surface area contributed by atoms with Crippen LogP contribution in [0.1, 0.15) is 18.6 Å². The van der Waals surface area contributed by atoms with Crippen LogP contribution in [0.3, 0.4) is 0 Å². The van der Waals surface area contributed by atoms with Crippen LogP contribution in [0.5, 0.6) is 0 Å². The Balaban J connectivity index is 1.85. The molecule has 0 amide bonds. The monoisotopic (exact) mass is 224 g/mol. The fourth-order valence-electron chi connectivity index (χ4n) is 2.25. The van der Waals surface area contributed by atoms with Gasteiger partial charge < -0.3 is 14.8 Å². The fourth-order valence-corrected chi connectivity index (χ4v) is 2.25. The quantitative estimate of drug-likeness (QED) is 0.795. The molecule has 2 rings (SSSR count). The zero-order valence-electron chi connectivity index (χ0n) is 9.78. The number of rotatable bonds is 4. The van der Waals surface area contributed by atoms with Crippen molar-refractivity contribution >= 4 is 0 Å². The first kappa shape index (κ1) is 11.6. The highest BCUT2D eigenvalue weighted by atomic mass is 16.3. The van der Waals surface area contributed by atoms with E-state index in [1.165, 1.54) is 0 Å². The minimum Gasteiger partial charge on any atom is -0.468 e. The number of aliphatic hydroxyl groups excluding tert-OH is 1. The minimum atomic E-state index is -0.0698. The van der Waals surface area contributed by atoms with Crippen molar-refractivity contribution in [1.29, 1.82) is 0 Å². The first-order chi connectivity index (χ1) is 7.78. The summed E-state index contributed by atoms with van der Waals surface area (Å²) < 4.78 is 5.33. The molecule has 4 heteroatoms. The van der Waals surface area contributed by atoms with Gasteiger partial charge in [-0.2, -0.15) is 0 Å². The van der Waals surface area contributed by atoms with Gasteiger partial charge in [0.2, 0.25) is 0 Å². The van der Waals surface area contributed by atoms with Gasteiger partial charge >= 0.3 is 0 Å². The number of piperidine rings is 1. The van der Waals surface area contributed by atoms with Gasteiger partial charge in [-0.1, -0.05) is 0 Å². The second-order valence-corrected chi connectivity index (χ2v) is 4.54. The average molecular weight is 224 g/mol. The van der Waals surface area contributed by atoms with Crippen LogP contribution < -0.4 is 5.32 Å². The minimum absolute atomic E-state index is 0.0698. The molecule has 1 aromatic rings. The van der Waals surface area contributed by atoms with E-state index in [1.807, 2.05) is 19.2 Å². The Morgan fingerprint density at radius 3 is 2.75 bits per heavy atom. The third-order valence-corrected chi connectivity index (χ3v) is 3.61. The van der Waals surface area contributed by atoms with Crippen LogP contribution in [0, 0.1) is 0 Å². The largest absolute Gasteiger partial charge is 0.468 e. The molecule has 1 aliphatic heterocycles. The number of aliphatic hydroxyl groups is 1. The maximum Gasteiger partial charge on any atom is 0.117 e. The molecular formula is C12H20N2O2. The lowest BCUT2D eigenvalue weighted by atomic mass is 9.88. The lowest BCUT2D eigenvalue weighted by Gasteiger charge is -2.40. The van der Waals surface area contributed by atoms with Crippen molar-refractivity contribution in [2.45, 2.75) is 24.9 Å². The predicted molar refractivity (Wildman–Crippen MR) is 62.1 cm³/mol. The predicted octanol–water partition coefficient (Wildman–Crippen LogP) is 0.826. The molecule has 0 atom stereocenters. The van der Waals surface area contributed by atoms with Crippen LogP contribution in [-0.4, -0.2) is 42.3 Å². The number of nitrogens with zero attached hydrogens (tertiary/aromatic N) is 1. The van der Waals surface area contributed by atoms with Gasteiger partial charge in [0.25, 0.3) is 0 Å². The van der Waals surface area contributed by atoms with Crippen molar-refractivity contribution in [2.75, 3.05) is 26.7 Å². The molecule has 0 unspecified atom stereocenters. The van der Waals surface area contributed by atoms with Crippen LogP contribution in [0.25, 0.3) is 0 Å². The van der Waals surface area contributed by atoms with Crippen molar-refractivity contribution in [3.05, 3.63) is 24.2 Å². The van der Waals surface area contributed by atoms with Gasteiger partial charge in [0.1, 0.15) is 5.76 Å². The number of hydrogen-bond acceptors (Lipinski definition) is 4. The molecule has 0 saturated carbocycles. The van der Waals surface area contributed by atoms with E-state index >= 15 is 0 Å². The third-order valence-electron chi connectivity index (χ3n) is 3.61. The van der Waals surface area contributed by atoms with Gasteiger partial charge in [0, 0.05) is 18.6 Å². The Bertz CT molecular complexity index is 297. The van der Waals surface area contributed by atoms with E-state index in [-0.39, 0.29) is 12.1 Å². The van der Waals surface area contributed by atoms with E-state index in [2.05, 4.69) is 10.2 Å². The van der Waals surface area contributed by atoms with Gasteiger partial charge in [-0.25, -0.2) is 0 Å². The Morgan fingerprint density at radius 1 is 1.50 bits per heavy atom. The summed E-state index contributed by atoms with van der Waals surface area (Å²) in [4.78, 5) is 2.37. The van der Waals surface area contributed by atoms with Crippen LogP contribution >= 0.6 is 0 Å². The summed E-state index contributed by atoms with van der Waals surface area (Å²) in [6.07, 6.45) is 3.69. The molecule has 1 fully saturated rings. The van der Waals surface area contributed by atoms with Crippen LogP contribution in [0.15, 0.2) is 22.8 Å². The molecule has 0 aromatic carbocycles. The Hall–Kier alpha value is -0.840. The SMILES string of the molecule is CNC1(CO)CCN(Cc2ccco2)CC1. The molecule has 1 saturated heterocycles. The lowest BCUT2D eigenvalue weighted by Crippen LogP contribution is -2.54. The second-order valence-electron chi connectivity index (χ2n) is 4.54. The second kappa shape index (κ2) is 4.99. The summed E-state index contributed by atoms with van der Waals surface area (Å²) in [5, 5.41) is 12.6. The third kappa shape index (κ3) is 2.45. The van der Waals surface area contributed by atoms with Gasteiger partial charge in [-0.15, -0.1) is 0 Å². The van der Waals surface area contributed by atoms with Gasteiger partial charge in [0.15, 0.2) is 0 Å². The molecule has 90 valence electrons. The summed E-state index contributed by atoms with van der Waals surface area (Å²) in [6, 6.07) is 3.93. The van der Waals surface area contributed by atoms with E-state index in [1.54, 1.807) is 6.26 Å². The van der Waals surface area contributed by atoms with Crippen molar-refractivity contribution in [2.24, 2.45) is 0 Å². The van der Waals surface area contributed by atoms with E-state index in [0.29, 0.717) is 0 Å². The molecule has 4 nitrogen and oxygen atoms in total. The molecule has 2 N–H and O–H groups in total. The van der Waals surface area contributed by atoms with Crippen molar-refractivity contribution in [3.63, 3.8) is 0 Å². The summed E-state index contributed by atoms with van der Waals surface area (Å²) in [5.74, 6) is 1.01. The Kier molecular flexibility index (Phi) is 3.63. The number of likely N-dealkylation sites (N-methyl/N-ethyl adjacent to an activating group) is 1. The highest BCUT2D eigenvalue weighted by Gasteiger charge is 2.32. The number of likely N-dealkylation sites (tertiary alicyclic amines) is 1. The van der Waals surface area contributed by atoms with Crippen molar-refractivity contribution < 1.29 is 9.52 Å². The van der Waals surface area contributed by atoms with E-state index in [4.69, 9.17) is 4.42 Å². The highest BCUT2D eigenvalue weighted by Crippen LogP contribution is 2.22. The maximum absolute atomic E-state index is 9.38. The highest BCUT2D eigenvalue weighted by molar-refractivity contribution is 4.99. The molecule has 1 aromatic heterocycles. The first-order valence-corrected chi connectivity index (χ1v) is 5.82. The standard InChI is InChI=1S/C12H20N2O2/c1-13-12(10-15)4-6-14(7-5-12)9-11-3-2-8-16-11/h2-3,8,13,15H,4-7,9-10H2,1H3. The topological polar surface area (TPSA) is 48.6 Å². The maximum atomic E-state index is 9.38. The Morgan fingerprint density at radius 2 is 2.25 bits per heavy atom. The molecule has 0 aliphatic carbocycles. The van der Waals surface area contributed by atoms with Crippen LogP contribution in [0.4, 0.5) is 0 Å². The molecule has 0 radical (unpaired) electrons. The molecule has 0 spiro atoms. The smallest absolute Gasteiger partial charge is 0.117 e. The van der Waals surface area contributed by atoms with E-state index in [0.717, 1.165) is 38.2 Å². The first-order valence-electron chi connectivity index (χ1n) is 5.82. The van der Waals surface area contributed by atoms with Crippen molar-refractivity contribution in [3.8, 4) is 0 Å². The lowest BCUT2D eigenvalue weighted by molar-refractivity contribution is 0.0780. The average Bonchev–Trinajstić information content (AvgIpc) is 2.83. The number of nitrogens with one attached hydrogen (secondary N) is 1. The van der Waals surface area contributed by atoms with Crippen LogP contribution in [0.2, 0.25) is 0 Å². The summed E-state index contributed by atoms with van der Waals surface area (Å²) in [7, 11) is 1.93. The summed E-state index contributed by atoms with van der Waals surface area (Å²) in [6.45, 7) is 3.10. The van der Waals surface area contributed by atoms with Crippen molar-refractivity contribution in [1.82, 2.24) is 10.2 Å². The number of furan rings is 1. The molecule has 16 heavy (non-hydrogen) atoms. The summed E-state index contributed by atoms with van der Waals surface area (Å²) in [5.41, 5.74) is -0.0698. The Labute approximate surface area is 96.2 Å². The molecular weight excluding hydrogens is 204 g/mol. The normalized spacial score (nSPS) is 21.1. The zero-order valence-corrected chi connectivity index (χ0v) is 9.78. The zero-order chi connectivity index (χ0) is 11.4. The van der Waals surface area contributed by atoms with E-state index < -0.39 is 0 Å². The number of hydrogen-bond donors (Lipinski definition) is 2. The van der Waals surface area contributed by atoms with E-state index in [9.17, 15) is 5.11 Å². The van der Waals surface area contributed by atoms with Gasteiger partial charge in [0.05, 0.1) is 19.4 Å². The molecule has 2 heterocycles. The summed E-state index contributed by atoms with van der Waals surface area (Å²) >= 11 is 0. The van der Waals surface area contributed by atoms with Gasteiger partial charge in [-0.3, -0.25) is 4.90 Å². The fraction of sp³-hybridized carbons (Fsp3) is 0.667. The molecule has 0 bridgehead atoms. The van der Waals surface area contributed by atoms with Crippen LogP contribution in [-0.2, 0) is 6.54 Å². The van der Waals surface area contributed by atoms with Gasteiger partial charge in [-0.05, 0) is 32.0 Å².